The summed E-state index contributed by atoms with van der Waals surface area (Å²) in [5.41, 5.74) is 1.06. The van der Waals surface area contributed by atoms with Gasteiger partial charge in [0.1, 0.15) is 0 Å². The third kappa shape index (κ3) is 2.35. The predicted molar refractivity (Wildman–Crippen MR) is 71.3 cm³/mol. The van der Waals surface area contributed by atoms with E-state index in [4.69, 9.17) is 14.2 Å². The lowest BCUT2D eigenvalue weighted by Gasteiger charge is -2.26. The number of hydrogen-bond acceptors (Lipinski definition) is 4. The Hall–Kier alpha value is -0.780. The summed E-state index contributed by atoms with van der Waals surface area (Å²) < 4.78 is 18.4. The molecule has 1 aromatic carbocycles. The van der Waals surface area contributed by atoms with E-state index < -0.39 is 0 Å². The Morgan fingerprint density at radius 3 is 2.89 bits per heavy atom. The highest BCUT2D eigenvalue weighted by molar-refractivity contribution is 9.10. The summed E-state index contributed by atoms with van der Waals surface area (Å²) in [6.45, 7) is 3.83. The van der Waals surface area contributed by atoms with Crippen molar-refractivity contribution in [3.05, 3.63) is 22.2 Å². The molecule has 4 nitrogen and oxygen atoms in total. The smallest absolute Gasteiger partial charge is 0.168 e. The summed E-state index contributed by atoms with van der Waals surface area (Å²) >= 11 is 3.59. The molecule has 1 N–H and O–H groups in total. The van der Waals surface area contributed by atoms with Gasteiger partial charge in [-0.1, -0.05) is 15.9 Å². The minimum absolute atomic E-state index is 0.0183. The van der Waals surface area contributed by atoms with Crippen LogP contribution in [0.15, 0.2) is 16.6 Å². The van der Waals surface area contributed by atoms with Crippen LogP contribution in [0.1, 0.15) is 18.1 Å². The molecule has 5 heteroatoms. The lowest BCUT2D eigenvalue weighted by atomic mass is 10.1. The van der Waals surface area contributed by atoms with Gasteiger partial charge in [-0.2, -0.15) is 0 Å². The molecular formula is C13H16BrNO3. The van der Waals surface area contributed by atoms with Gasteiger partial charge in [0.05, 0.1) is 25.9 Å². The third-order valence-electron chi connectivity index (χ3n) is 3.15. The summed E-state index contributed by atoms with van der Waals surface area (Å²) in [7, 11) is 0. The van der Waals surface area contributed by atoms with E-state index in [1.54, 1.807) is 0 Å². The van der Waals surface area contributed by atoms with Gasteiger partial charge in [0.15, 0.2) is 11.5 Å². The Morgan fingerprint density at radius 1 is 1.17 bits per heavy atom. The van der Waals surface area contributed by atoms with Crippen LogP contribution in [0.5, 0.6) is 11.5 Å². The second-order valence-electron chi connectivity index (χ2n) is 4.40. The Kier molecular flexibility index (Phi) is 3.72. The third-order valence-corrected chi connectivity index (χ3v) is 3.84. The summed E-state index contributed by atoms with van der Waals surface area (Å²) in [5.74, 6) is 1.65. The van der Waals surface area contributed by atoms with Crippen molar-refractivity contribution in [2.24, 2.45) is 0 Å². The normalized spacial score (nSPS) is 23.5. The molecule has 2 aliphatic rings. The van der Waals surface area contributed by atoms with E-state index in [2.05, 4.69) is 21.2 Å². The van der Waals surface area contributed by atoms with E-state index in [0.29, 0.717) is 13.2 Å². The van der Waals surface area contributed by atoms with Crippen LogP contribution < -0.4 is 14.8 Å². The van der Waals surface area contributed by atoms with Crippen molar-refractivity contribution in [2.45, 2.75) is 12.5 Å². The fourth-order valence-electron chi connectivity index (χ4n) is 2.28. The van der Waals surface area contributed by atoms with Crippen LogP contribution in [0.4, 0.5) is 0 Å². The van der Waals surface area contributed by atoms with E-state index in [9.17, 15) is 0 Å². The molecule has 1 saturated heterocycles. The molecule has 0 bridgehead atoms. The molecule has 0 aromatic heterocycles. The van der Waals surface area contributed by atoms with Gasteiger partial charge in [0.2, 0.25) is 0 Å². The quantitative estimate of drug-likeness (QED) is 0.863. The van der Waals surface area contributed by atoms with Crippen LogP contribution in [0.3, 0.4) is 0 Å². The second-order valence-corrected chi connectivity index (χ2v) is 5.26. The first-order valence-corrected chi connectivity index (χ1v) is 7.06. The zero-order valence-electron chi connectivity index (χ0n) is 10.1. The maximum Gasteiger partial charge on any atom is 0.168 e. The van der Waals surface area contributed by atoms with Gasteiger partial charge in [-0.05, 0) is 12.1 Å². The zero-order valence-corrected chi connectivity index (χ0v) is 11.7. The van der Waals surface area contributed by atoms with Gasteiger partial charge in [0.25, 0.3) is 0 Å². The van der Waals surface area contributed by atoms with Gasteiger partial charge in [-0.3, -0.25) is 0 Å². The predicted octanol–water partition coefficient (Wildman–Crippen LogP) is 2.27. The van der Waals surface area contributed by atoms with E-state index in [0.717, 1.165) is 47.7 Å². The molecule has 1 aromatic rings. The zero-order chi connectivity index (χ0) is 12.4. The number of nitrogens with one attached hydrogen (secondary N) is 1. The average Bonchev–Trinajstić information content (AvgIpc) is 2.65. The number of rotatable bonds is 1. The second kappa shape index (κ2) is 5.47. The van der Waals surface area contributed by atoms with E-state index in [1.165, 1.54) is 0 Å². The van der Waals surface area contributed by atoms with Crippen LogP contribution in [0.25, 0.3) is 0 Å². The number of fused-ring (bicyclic) bond motifs is 1. The first-order valence-electron chi connectivity index (χ1n) is 6.26. The molecule has 98 valence electrons. The molecule has 3 rings (SSSR count). The summed E-state index contributed by atoms with van der Waals surface area (Å²) in [6, 6.07) is 3.95. The SMILES string of the molecule is Brc1ccc2c(c1C1CNCCO1)OCCCO2. The van der Waals surface area contributed by atoms with Crippen molar-refractivity contribution < 1.29 is 14.2 Å². The lowest BCUT2D eigenvalue weighted by Crippen LogP contribution is -2.33. The standard InChI is InChI=1S/C13H16BrNO3/c14-9-2-3-10-13(18-6-1-5-16-10)12(9)11-8-15-4-7-17-11/h2-3,11,15H,1,4-8H2. The largest absolute Gasteiger partial charge is 0.490 e. The first kappa shape index (κ1) is 12.3. The van der Waals surface area contributed by atoms with E-state index in [-0.39, 0.29) is 6.10 Å². The van der Waals surface area contributed by atoms with Crippen LogP contribution in [-0.4, -0.2) is 32.9 Å². The Balaban J connectivity index is 2.00. The van der Waals surface area contributed by atoms with Crippen molar-refractivity contribution in [2.75, 3.05) is 32.9 Å². The van der Waals surface area contributed by atoms with Crippen LogP contribution in [0.2, 0.25) is 0 Å². The number of morpholine rings is 1. The molecule has 0 amide bonds. The molecule has 0 radical (unpaired) electrons. The molecule has 2 aliphatic heterocycles. The van der Waals surface area contributed by atoms with Crippen molar-refractivity contribution in [1.29, 1.82) is 0 Å². The fourth-order valence-corrected chi connectivity index (χ4v) is 2.85. The molecule has 0 spiro atoms. The van der Waals surface area contributed by atoms with E-state index in [1.807, 2.05) is 12.1 Å². The van der Waals surface area contributed by atoms with Crippen molar-refractivity contribution in [3.8, 4) is 11.5 Å². The van der Waals surface area contributed by atoms with Gasteiger partial charge < -0.3 is 19.5 Å². The maximum atomic E-state index is 5.85. The van der Waals surface area contributed by atoms with Crippen molar-refractivity contribution in [1.82, 2.24) is 5.32 Å². The minimum Gasteiger partial charge on any atom is -0.490 e. The Labute approximate surface area is 115 Å². The molecule has 1 fully saturated rings. The van der Waals surface area contributed by atoms with Crippen LogP contribution in [0, 0.1) is 0 Å². The number of hydrogen-bond donors (Lipinski definition) is 1. The molecule has 0 aliphatic carbocycles. The lowest BCUT2D eigenvalue weighted by molar-refractivity contribution is 0.0254. The molecule has 2 heterocycles. The molecular weight excluding hydrogens is 298 g/mol. The Morgan fingerprint density at radius 2 is 2.06 bits per heavy atom. The van der Waals surface area contributed by atoms with Crippen molar-refractivity contribution >= 4 is 15.9 Å². The van der Waals surface area contributed by atoms with Crippen LogP contribution in [-0.2, 0) is 4.74 Å². The molecule has 1 unspecified atom stereocenters. The maximum absolute atomic E-state index is 5.85. The van der Waals surface area contributed by atoms with E-state index >= 15 is 0 Å². The highest BCUT2D eigenvalue weighted by atomic mass is 79.9. The number of benzene rings is 1. The highest BCUT2D eigenvalue weighted by Crippen LogP contribution is 2.42. The first-order chi connectivity index (χ1) is 8.86. The minimum atomic E-state index is 0.0183. The topological polar surface area (TPSA) is 39.7 Å². The summed E-state index contributed by atoms with van der Waals surface area (Å²) in [4.78, 5) is 0. The summed E-state index contributed by atoms with van der Waals surface area (Å²) in [5, 5.41) is 3.34. The highest BCUT2D eigenvalue weighted by Gasteiger charge is 2.26. The van der Waals surface area contributed by atoms with Gasteiger partial charge in [-0.25, -0.2) is 0 Å². The van der Waals surface area contributed by atoms with Crippen molar-refractivity contribution in [3.63, 3.8) is 0 Å². The average molecular weight is 314 g/mol. The van der Waals surface area contributed by atoms with Gasteiger partial charge >= 0.3 is 0 Å². The van der Waals surface area contributed by atoms with Gasteiger partial charge in [0, 0.05) is 29.5 Å². The number of halogens is 1. The number of ether oxygens (including phenoxy) is 3. The Bertz CT molecular complexity index is 432. The molecule has 1 atom stereocenters. The summed E-state index contributed by atoms with van der Waals surface area (Å²) in [6.07, 6.45) is 0.931. The molecule has 0 saturated carbocycles. The van der Waals surface area contributed by atoms with Gasteiger partial charge in [-0.15, -0.1) is 0 Å². The monoisotopic (exact) mass is 313 g/mol. The molecule has 18 heavy (non-hydrogen) atoms. The fraction of sp³-hybridized carbons (Fsp3) is 0.538. The van der Waals surface area contributed by atoms with Crippen LogP contribution >= 0.6 is 15.9 Å².